The van der Waals surface area contributed by atoms with Crippen molar-refractivity contribution in [2.75, 3.05) is 12.3 Å². The molecule has 0 fully saturated rings. The molecular weight excluding hydrogens is 218 g/mol. The molecule has 0 spiro atoms. The molecule has 0 amide bonds. The van der Waals surface area contributed by atoms with Crippen LogP contribution in [0.4, 0.5) is 0 Å². The standard InChI is InChI=1S/C10H14ClNOS/c1-8(6-12)7-14(13)10-5-3-2-4-9(10)11/h2-5,8H,6-7,12H2,1H3. The number of halogens is 1. The van der Waals surface area contributed by atoms with E-state index in [0.29, 0.717) is 22.2 Å². The Hall–Kier alpha value is -0.380. The van der Waals surface area contributed by atoms with E-state index in [4.69, 9.17) is 17.3 Å². The molecule has 0 saturated carbocycles. The molecule has 1 aromatic rings. The Morgan fingerprint density at radius 2 is 2.14 bits per heavy atom. The zero-order chi connectivity index (χ0) is 10.6. The first-order chi connectivity index (χ1) is 6.65. The Kier molecular flexibility index (Phi) is 4.58. The summed E-state index contributed by atoms with van der Waals surface area (Å²) < 4.78 is 11.8. The third-order valence-corrected chi connectivity index (χ3v) is 4.08. The highest BCUT2D eigenvalue weighted by atomic mass is 35.5. The van der Waals surface area contributed by atoms with Crippen molar-refractivity contribution in [3.8, 4) is 0 Å². The van der Waals surface area contributed by atoms with Gasteiger partial charge in [-0.15, -0.1) is 0 Å². The van der Waals surface area contributed by atoms with E-state index in [9.17, 15) is 4.21 Å². The first-order valence-electron chi connectivity index (χ1n) is 4.48. The van der Waals surface area contributed by atoms with Gasteiger partial charge in [-0.3, -0.25) is 4.21 Å². The second-order valence-corrected chi connectivity index (χ2v) is 5.15. The molecule has 2 unspecified atom stereocenters. The van der Waals surface area contributed by atoms with Crippen LogP contribution in [0.1, 0.15) is 6.92 Å². The summed E-state index contributed by atoms with van der Waals surface area (Å²) in [7, 11) is -1.04. The van der Waals surface area contributed by atoms with Gasteiger partial charge in [0.1, 0.15) is 0 Å². The zero-order valence-corrected chi connectivity index (χ0v) is 9.65. The first kappa shape index (κ1) is 11.7. The Morgan fingerprint density at radius 3 is 2.71 bits per heavy atom. The molecule has 0 aliphatic carbocycles. The molecule has 2 N–H and O–H groups in total. The van der Waals surface area contributed by atoms with Crippen LogP contribution >= 0.6 is 11.6 Å². The first-order valence-corrected chi connectivity index (χ1v) is 6.17. The van der Waals surface area contributed by atoms with Crippen molar-refractivity contribution in [2.45, 2.75) is 11.8 Å². The largest absolute Gasteiger partial charge is 0.330 e. The molecular formula is C10H14ClNOS. The van der Waals surface area contributed by atoms with Crippen LogP contribution in [0.15, 0.2) is 29.2 Å². The van der Waals surface area contributed by atoms with E-state index in [1.54, 1.807) is 12.1 Å². The highest BCUT2D eigenvalue weighted by Gasteiger charge is 2.10. The number of nitrogens with two attached hydrogens (primary N) is 1. The third-order valence-electron chi connectivity index (χ3n) is 1.92. The smallest absolute Gasteiger partial charge is 0.0574 e. The lowest BCUT2D eigenvalue weighted by atomic mass is 10.2. The van der Waals surface area contributed by atoms with Gasteiger partial charge in [-0.05, 0) is 24.6 Å². The molecule has 0 aromatic heterocycles. The van der Waals surface area contributed by atoms with Gasteiger partial charge in [-0.25, -0.2) is 0 Å². The maximum atomic E-state index is 11.8. The minimum Gasteiger partial charge on any atom is -0.330 e. The van der Waals surface area contributed by atoms with Crippen LogP contribution in [0.25, 0.3) is 0 Å². The molecule has 0 radical (unpaired) electrons. The molecule has 2 atom stereocenters. The van der Waals surface area contributed by atoms with Crippen molar-refractivity contribution in [2.24, 2.45) is 11.7 Å². The average Bonchev–Trinajstić information content (AvgIpc) is 2.18. The van der Waals surface area contributed by atoms with Crippen LogP contribution < -0.4 is 5.73 Å². The summed E-state index contributed by atoms with van der Waals surface area (Å²) in [6.45, 7) is 2.53. The molecule has 0 aliphatic heterocycles. The fourth-order valence-corrected chi connectivity index (χ4v) is 2.79. The van der Waals surface area contributed by atoms with Gasteiger partial charge in [-0.2, -0.15) is 0 Å². The van der Waals surface area contributed by atoms with Crippen LogP contribution in [0.2, 0.25) is 5.02 Å². The van der Waals surface area contributed by atoms with Gasteiger partial charge in [0.15, 0.2) is 0 Å². The summed E-state index contributed by atoms with van der Waals surface area (Å²) in [5.41, 5.74) is 5.47. The van der Waals surface area contributed by atoms with Crippen molar-refractivity contribution >= 4 is 22.4 Å². The Labute approximate surface area is 91.9 Å². The number of hydrogen-bond donors (Lipinski definition) is 1. The number of rotatable bonds is 4. The van der Waals surface area contributed by atoms with Gasteiger partial charge in [0, 0.05) is 5.75 Å². The van der Waals surface area contributed by atoms with Gasteiger partial charge < -0.3 is 5.73 Å². The van der Waals surface area contributed by atoms with E-state index < -0.39 is 10.8 Å². The van der Waals surface area contributed by atoms with Crippen LogP contribution in [0.3, 0.4) is 0 Å². The van der Waals surface area contributed by atoms with Crippen molar-refractivity contribution in [3.63, 3.8) is 0 Å². The Bertz CT molecular complexity index is 330. The summed E-state index contributed by atoms with van der Waals surface area (Å²) in [6.07, 6.45) is 0. The van der Waals surface area contributed by atoms with E-state index in [1.807, 2.05) is 19.1 Å². The van der Waals surface area contributed by atoms with Crippen molar-refractivity contribution in [3.05, 3.63) is 29.3 Å². The van der Waals surface area contributed by atoms with Crippen LogP contribution in [0.5, 0.6) is 0 Å². The Morgan fingerprint density at radius 1 is 1.50 bits per heavy atom. The molecule has 0 heterocycles. The monoisotopic (exact) mass is 231 g/mol. The summed E-state index contributed by atoms with van der Waals surface area (Å²) in [5.74, 6) is 0.826. The van der Waals surface area contributed by atoms with Gasteiger partial charge in [0.05, 0.1) is 20.7 Å². The maximum absolute atomic E-state index is 11.8. The molecule has 0 aliphatic rings. The second-order valence-electron chi connectivity index (χ2n) is 3.28. The van der Waals surface area contributed by atoms with E-state index >= 15 is 0 Å². The SMILES string of the molecule is CC(CN)CS(=O)c1ccccc1Cl. The summed E-state index contributed by atoms with van der Waals surface area (Å²) >= 11 is 5.92. The van der Waals surface area contributed by atoms with E-state index in [0.717, 1.165) is 0 Å². The topological polar surface area (TPSA) is 43.1 Å². The third kappa shape index (κ3) is 3.08. The van der Waals surface area contributed by atoms with Gasteiger partial charge in [0.25, 0.3) is 0 Å². The van der Waals surface area contributed by atoms with Gasteiger partial charge in [0.2, 0.25) is 0 Å². The normalized spacial score (nSPS) is 15.1. The molecule has 1 rings (SSSR count). The van der Waals surface area contributed by atoms with Gasteiger partial charge >= 0.3 is 0 Å². The summed E-state index contributed by atoms with van der Waals surface area (Å²) in [4.78, 5) is 0.703. The molecule has 4 heteroatoms. The van der Waals surface area contributed by atoms with E-state index in [1.165, 1.54) is 0 Å². The predicted molar refractivity (Wildman–Crippen MR) is 60.9 cm³/mol. The maximum Gasteiger partial charge on any atom is 0.0574 e. The molecule has 2 nitrogen and oxygen atoms in total. The quantitative estimate of drug-likeness (QED) is 0.862. The summed E-state index contributed by atoms with van der Waals surface area (Å²) in [5, 5.41) is 0.565. The molecule has 0 bridgehead atoms. The minimum absolute atomic E-state index is 0.257. The zero-order valence-electron chi connectivity index (χ0n) is 8.07. The van der Waals surface area contributed by atoms with Crippen molar-refractivity contribution in [1.82, 2.24) is 0 Å². The van der Waals surface area contributed by atoms with Gasteiger partial charge in [-0.1, -0.05) is 30.7 Å². The highest BCUT2D eigenvalue weighted by Crippen LogP contribution is 2.19. The lowest BCUT2D eigenvalue weighted by molar-refractivity contribution is 0.641. The van der Waals surface area contributed by atoms with Crippen molar-refractivity contribution < 1.29 is 4.21 Å². The number of hydrogen-bond acceptors (Lipinski definition) is 2. The highest BCUT2D eigenvalue weighted by molar-refractivity contribution is 7.85. The lowest BCUT2D eigenvalue weighted by Crippen LogP contribution is -2.17. The molecule has 1 aromatic carbocycles. The number of benzene rings is 1. The van der Waals surface area contributed by atoms with Crippen molar-refractivity contribution in [1.29, 1.82) is 0 Å². The lowest BCUT2D eigenvalue weighted by Gasteiger charge is -2.08. The average molecular weight is 232 g/mol. The van der Waals surface area contributed by atoms with Crippen LogP contribution in [-0.2, 0) is 10.8 Å². The molecule has 14 heavy (non-hydrogen) atoms. The molecule has 78 valence electrons. The second kappa shape index (κ2) is 5.49. The minimum atomic E-state index is -1.04. The molecule has 0 saturated heterocycles. The van der Waals surface area contributed by atoms with Crippen LogP contribution in [0, 0.1) is 5.92 Å². The van der Waals surface area contributed by atoms with E-state index in [2.05, 4.69) is 0 Å². The summed E-state index contributed by atoms with van der Waals surface area (Å²) in [6, 6.07) is 7.21. The van der Waals surface area contributed by atoms with E-state index in [-0.39, 0.29) is 5.92 Å². The predicted octanol–water partition coefficient (Wildman–Crippen LogP) is 2.04. The van der Waals surface area contributed by atoms with Crippen LogP contribution in [-0.4, -0.2) is 16.5 Å². The Balaban J connectivity index is 2.75. The fourth-order valence-electron chi connectivity index (χ4n) is 1.05. The fraction of sp³-hybridized carbons (Fsp3) is 0.400.